The molecule has 2 heteroatoms. The van der Waals surface area contributed by atoms with Crippen LogP contribution in [0.15, 0.2) is 0 Å². The van der Waals surface area contributed by atoms with Crippen molar-refractivity contribution in [3.8, 4) is 0 Å². The molecule has 1 saturated heterocycles. The maximum atomic E-state index is 8.98. The Kier molecular flexibility index (Phi) is 4.20. The molecule has 0 aromatic heterocycles. The van der Waals surface area contributed by atoms with Crippen molar-refractivity contribution in [2.75, 3.05) is 19.7 Å². The van der Waals surface area contributed by atoms with Crippen molar-refractivity contribution in [3.05, 3.63) is 0 Å². The third kappa shape index (κ3) is 3.28. The summed E-state index contributed by atoms with van der Waals surface area (Å²) in [5, 5.41) is 8.98. The van der Waals surface area contributed by atoms with Crippen LogP contribution in [0.1, 0.15) is 46.0 Å². The molecule has 0 bridgehead atoms. The first-order valence-electron chi connectivity index (χ1n) is 5.53. The van der Waals surface area contributed by atoms with Gasteiger partial charge in [-0.15, -0.1) is 0 Å². The zero-order chi connectivity index (χ0) is 9.73. The number of hydrogen-bond acceptors (Lipinski definition) is 2. The zero-order valence-corrected chi connectivity index (χ0v) is 9.05. The molecular weight excluding hydrogens is 162 g/mol. The van der Waals surface area contributed by atoms with E-state index in [4.69, 9.17) is 5.11 Å². The Bertz CT molecular complexity index is 137. The largest absolute Gasteiger partial charge is 0.396 e. The lowest BCUT2D eigenvalue weighted by Crippen LogP contribution is -2.45. The van der Waals surface area contributed by atoms with Crippen molar-refractivity contribution in [3.63, 3.8) is 0 Å². The quantitative estimate of drug-likeness (QED) is 0.727. The van der Waals surface area contributed by atoms with E-state index in [2.05, 4.69) is 18.7 Å². The SMILES string of the molecule is CC(C)(CCO)N1CCCCCC1. The fourth-order valence-corrected chi connectivity index (χ4v) is 2.11. The Morgan fingerprint density at radius 3 is 2.08 bits per heavy atom. The minimum Gasteiger partial charge on any atom is -0.396 e. The van der Waals surface area contributed by atoms with Crippen molar-refractivity contribution in [2.45, 2.75) is 51.5 Å². The second-order valence-corrected chi connectivity index (χ2v) is 4.69. The van der Waals surface area contributed by atoms with Crippen molar-refractivity contribution < 1.29 is 5.11 Å². The topological polar surface area (TPSA) is 23.5 Å². The number of aliphatic hydroxyl groups is 1. The molecule has 0 radical (unpaired) electrons. The molecule has 13 heavy (non-hydrogen) atoms. The average Bonchev–Trinajstić information content (AvgIpc) is 2.31. The normalized spacial score (nSPS) is 21.5. The summed E-state index contributed by atoms with van der Waals surface area (Å²) < 4.78 is 0. The van der Waals surface area contributed by atoms with E-state index in [1.165, 1.54) is 38.8 Å². The molecule has 0 atom stereocenters. The van der Waals surface area contributed by atoms with Gasteiger partial charge in [0, 0.05) is 12.1 Å². The van der Waals surface area contributed by atoms with E-state index < -0.39 is 0 Å². The van der Waals surface area contributed by atoms with E-state index in [0.717, 1.165) is 6.42 Å². The van der Waals surface area contributed by atoms with E-state index in [-0.39, 0.29) is 5.54 Å². The molecule has 0 spiro atoms. The van der Waals surface area contributed by atoms with Gasteiger partial charge in [-0.2, -0.15) is 0 Å². The predicted molar refractivity (Wildman–Crippen MR) is 55.8 cm³/mol. The lowest BCUT2D eigenvalue weighted by Gasteiger charge is -2.37. The molecule has 0 aromatic rings. The average molecular weight is 185 g/mol. The lowest BCUT2D eigenvalue weighted by molar-refractivity contribution is 0.0932. The van der Waals surface area contributed by atoms with Crippen LogP contribution in [0.2, 0.25) is 0 Å². The summed E-state index contributed by atoms with van der Waals surface area (Å²) in [4.78, 5) is 2.54. The van der Waals surface area contributed by atoms with Gasteiger partial charge in [-0.1, -0.05) is 12.8 Å². The standard InChI is InChI=1S/C11H23NO/c1-11(2,7-10-13)12-8-5-3-4-6-9-12/h13H,3-10H2,1-2H3. The minimum atomic E-state index is 0.194. The number of likely N-dealkylation sites (tertiary alicyclic amines) is 1. The highest BCUT2D eigenvalue weighted by molar-refractivity contribution is 4.82. The van der Waals surface area contributed by atoms with Crippen LogP contribution in [-0.2, 0) is 0 Å². The van der Waals surface area contributed by atoms with Gasteiger partial charge in [-0.05, 0) is 46.2 Å². The number of hydrogen-bond donors (Lipinski definition) is 1. The second kappa shape index (κ2) is 4.97. The maximum Gasteiger partial charge on any atom is 0.0448 e. The molecule has 0 amide bonds. The van der Waals surface area contributed by atoms with Gasteiger partial charge in [0.2, 0.25) is 0 Å². The van der Waals surface area contributed by atoms with Gasteiger partial charge in [0.25, 0.3) is 0 Å². The Balaban J connectivity index is 2.46. The van der Waals surface area contributed by atoms with Crippen LogP contribution >= 0.6 is 0 Å². The van der Waals surface area contributed by atoms with Crippen molar-refractivity contribution >= 4 is 0 Å². The van der Waals surface area contributed by atoms with Crippen LogP contribution in [-0.4, -0.2) is 35.2 Å². The summed E-state index contributed by atoms with van der Waals surface area (Å²) in [6, 6.07) is 0. The zero-order valence-electron chi connectivity index (χ0n) is 9.05. The monoisotopic (exact) mass is 185 g/mol. The van der Waals surface area contributed by atoms with Crippen molar-refractivity contribution in [1.29, 1.82) is 0 Å². The van der Waals surface area contributed by atoms with Gasteiger partial charge in [-0.3, -0.25) is 4.90 Å². The van der Waals surface area contributed by atoms with E-state index in [0.29, 0.717) is 6.61 Å². The van der Waals surface area contributed by atoms with Crippen LogP contribution in [0.3, 0.4) is 0 Å². The summed E-state index contributed by atoms with van der Waals surface area (Å²) in [7, 11) is 0. The second-order valence-electron chi connectivity index (χ2n) is 4.69. The highest BCUT2D eigenvalue weighted by Crippen LogP contribution is 2.22. The summed E-state index contributed by atoms with van der Waals surface area (Å²) >= 11 is 0. The molecule has 1 heterocycles. The Morgan fingerprint density at radius 2 is 1.62 bits per heavy atom. The fourth-order valence-electron chi connectivity index (χ4n) is 2.11. The highest BCUT2D eigenvalue weighted by Gasteiger charge is 2.26. The third-order valence-electron chi connectivity index (χ3n) is 3.19. The molecule has 1 N–H and O–H groups in total. The van der Waals surface area contributed by atoms with Crippen LogP contribution < -0.4 is 0 Å². The van der Waals surface area contributed by atoms with Crippen LogP contribution in [0.25, 0.3) is 0 Å². The van der Waals surface area contributed by atoms with E-state index in [1.54, 1.807) is 0 Å². The molecule has 0 unspecified atom stereocenters. The summed E-state index contributed by atoms with van der Waals surface area (Å²) in [6.07, 6.45) is 6.31. The summed E-state index contributed by atoms with van der Waals surface area (Å²) in [5.74, 6) is 0. The molecule has 78 valence electrons. The fraction of sp³-hybridized carbons (Fsp3) is 1.00. The van der Waals surface area contributed by atoms with Crippen molar-refractivity contribution in [1.82, 2.24) is 4.90 Å². The Hall–Kier alpha value is -0.0800. The van der Waals surface area contributed by atoms with E-state index in [1.807, 2.05) is 0 Å². The number of aliphatic hydroxyl groups excluding tert-OH is 1. The molecule has 2 nitrogen and oxygen atoms in total. The first kappa shape index (κ1) is 11.0. The smallest absolute Gasteiger partial charge is 0.0448 e. The Morgan fingerprint density at radius 1 is 1.08 bits per heavy atom. The number of rotatable bonds is 3. The molecule has 1 fully saturated rings. The van der Waals surface area contributed by atoms with Gasteiger partial charge in [-0.25, -0.2) is 0 Å². The molecule has 0 aliphatic carbocycles. The van der Waals surface area contributed by atoms with E-state index in [9.17, 15) is 0 Å². The first-order valence-corrected chi connectivity index (χ1v) is 5.53. The molecule has 1 aliphatic rings. The van der Waals surface area contributed by atoms with Gasteiger partial charge >= 0.3 is 0 Å². The lowest BCUT2D eigenvalue weighted by atomic mass is 9.98. The van der Waals surface area contributed by atoms with Gasteiger partial charge in [0.15, 0.2) is 0 Å². The van der Waals surface area contributed by atoms with Crippen LogP contribution in [0.4, 0.5) is 0 Å². The molecular formula is C11H23NO. The molecule has 0 aromatic carbocycles. The van der Waals surface area contributed by atoms with Gasteiger partial charge in [0.05, 0.1) is 0 Å². The van der Waals surface area contributed by atoms with Crippen molar-refractivity contribution in [2.24, 2.45) is 0 Å². The highest BCUT2D eigenvalue weighted by atomic mass is 16.3. The molecule has 1 aliphatic heterocycles. The first-order chi connectivity index (χ1) is 6.17. The summed E-state index contributed by atoms with van der Waals surface area (Å²) in [5.41, 5.74) is 0.194. The maximum absolute atomic E-state index is 8.98. The minimum absolute atomic E-state index is 0.194. The summed E-state index contributed by atoms with van der Waals surface area (Å²) in [6.45, 7) is 7.23. The van der Waals surface area contributed by atoms with E-state index >= 15 is 0 Å². The number of nitrogens with zero attached hydrogens (tertiary/aromatic N) is 1. The van der Waals surface area contributed by atoms with Crippen LogP contribution in [0.5, 0.6) is 0 Å². The van der Waals surface area contributed by atoms with Crippen LogP contribution in [0, 0.1) is 0 Å². The van der Waals surface area contributed by atoms with Gasteiger partial charge < -0.3 is 5.11 Å². The van der Waals surface area contributed by atoms with Gasteiger partial charge in [0.1, 0.15) is 0 Å². The third-order valence-corrected chi connectivity index (χ3v) is 3.19. The predicted octanol–water partition coefficient (Wildman–Crippen LogP) is 2.02. The Labute approximate surface area is 81.9 Å². The molecule has 0 saturated carbocycles. The molecule has 1 rings (SSSR count).